The molecule has 1 saturated heterocycles. The van der Waals surface area contributed by atoms with E-state index in [2.05, 4.69) is 17.1 Å². The van der Waals surface area contributed by atoms with Gasteiger partial charge in [0.1, 0.15) is 11.6 Å². The van der Waals surface area contributed by atoms with Gasteiger partial charge in [0.05, 0.1) is 18.6 Å². The summed E-state index contributed by atoms with van der Waals surface area (Å²) in [7, 11) is 0. The Hall–Kier alpha value is -2.29. The van der Waals surface area contributed by atoms with Crippen molar-refractivity contribution >= 4 is 23.6 Å². The predicted molar refractivity (Wildman–Crippen MR) is 101 cm³/mol. The Bertz CT molecular complexity index is 774. The molecular formula is C18H25N5O3S. The lowest BCUT2D eigenvalue weighted by atomic mass is 10.0. The van der Waals surface area contributed by atoms with Gasteiger partial charge in [-0.3, -0.25) is 14.2 Å². The highest BCUT2D eigenvalue weighted by atomic mass is 32.2. The summed E-state index contributed by atoms with van der Waals surface area (Å²) in [5.74, 6) is 1.47. The molecule has 1 fully saturated rings. The summed E-state index contributed by atoms with van der Waals surface area (Å²) >= 11 is 1.37. The largest absolute Gasteiger partial charge is 0.467 e. The first-order valence-corrected chi connectivity index (χ1v) is 10.2. The average molecular weight is 391 g/mol. The molecule has 1 aliphatic rings. The molecule has 3 rings (SSSR count). The summed E-state index contributed by atoms with van der Waals surface area (Å²) in [5, 5.41) is 9.06. The summed E-state index contributed by atoms with van der Waals surface area (Å²) in [6, 6.07) is 3.97. The Morgan fingerprint density at radius 3 is 2.93 bits per heavy atom. The molecule has 2 N–H and O–H groups in total. The van der Waals surface area contributed by atoms with Crippen LogP contribution in [0.5, 0.6) is 0 Å². The Morgan fingerprint density at radius 2 is 2.22 bits per heavy atom. The second-order valence-corrected chi connectivity index (χ2v) is 7.69. The monoisotopic (exact) mass is 391 g/mol. The second kappa shape index (κ2) is 9.07. The number of carbonyl (C=O) groups is 2. The Labute approximate surface area is 162 Å². The summed E-state index contributed by atoms with van der Waals surface area (Å²) in [6.45, 7) is 3.37. The average Bonchev–Trinajstić information content (AvgIpc) is 3.29. The molecule has 3 heterocycles. The van der Waals surface area contributed by atoms with E-state index in [1.807, 2.05) is 21.6 Å². The minimum Gasteiger partial charge on any atom is -0.467 e. The molecule has 27 heavy (non-hydrogen) atoms. The topological polar surface area (TPSA) is 107 Å². The number of piperidine rings is 1. The van der Waals surface area contributed by atoms with E-state index in [-0.39, 0.29) is 18.2 Å². The van der Waals surface area contributed by atoms with E-state index in [0.29, 0.717) is 35.7 Å². The summed E-state index contributed by atoms with van der Waals surface area (Å²) in [4.78, 5) is 25.7. The Kier molecular flexibility index (Phi) is 6.54. The fraction of sp³-hybridized carbons (Fsp3) is 0.556. The predicted octanol–water partition coefficient (Wildman–Crippen LogP) is 1.83. The smallest absolute Gasteiger partial charge is 0.233 e. The van der Waals surface area contributed by atoms with Crippen LogP contribution in [0, 0.1) is 0 Å². The highest BCUT2D eigenvalue weighted by molar-refractivity contribution is 7.99. The zero-order valence-electron chi connectivity index (χ0n) is 15.5. The lowest BCUT2D eigenvalue weighted by molar-refractivity contribution is -0.131. The zero-order valence-corrected chi connectivity index (χ0v) is 16.3. The van der Waals surface area contributed by atoms with Crippen molar-refractivity contribution in [1.29, 1.82) is 0 Å². The van der Waals surface area contributed by atoms with Gasteiger partial charge in [0.2, 0.25) is 11.8 Å². The number of hydrogen-bond donors (Lipinski definition) is 1. The maximum Gasteiger partial charge on any atom is 0.233 e. The maximum absolute atomic E-state index is 12.6. The molecule has 2 amide bonds. The lowest BCUT2D eigenvalue weighted by Crippen LogP contribution is -2.43. The molecule has 1 aliphatic heterocycles. The molecule has 0 bridgehead atoms. The first-order valence-electron chi connectivity index (χ1n) is 9.19. The number of likely N-dealkylation sites (tertiary alicyclic amines) is 1. The van der Waals surface area contributed by atoms with Crippen molar-refractivity contribution in [3.05, 3.63) is 30.0 Å². The van der Waals surface area contributed by atoms with E-state index in [1.54, 1.807) is 6.26 Å². The van der Waals surface area contributed by atoms with Gasteiger partial charge in [-0.1, -0.05) is 11.8 Å². The van der Waals surface area contributed by atoms with Crippen molar-refractivity contribution in [3.63, 3.8) is 0 Å². The number of aryl methyl sites for hydroxylation is 1. The van der Waals surface area contributed by atoms with Crippen LogP contribution in [0.2, 0.25) is 0 Å². The molecule has 2 aromatic heterocycles. The number of thioether (sulfide) groups is 1. The minimum absolute atomic E-state index is 0.124. The molecule has 1 atom stereocenters. The van der Waals surface area contributed by atoms with E-state index in [4.69, 9.17) is 10.2 Å². The third-order valence-corrected chi connectivity index (χ3v) is 5.68. The summed E-state index contributed by atoms with van der Waals surface area (Å²) in [5.41, 5.74) is 5.26. The number of aromatic nitrogens is 3. The standard InChI is InChI=1S/C18H25N5O3S/c1-13-5-2-3-9-22(13)17(25)12-27-18-21-20-16(8-7-15(19)24)23(18)11-14-6-4-10-26-14/h4,6,10,13H,2-3,5,7-9,11-12H2,1H3,(H2,19,24). The number of carbonyl (C=O) groups excluding carboxylic acids is 2. The van der Waals surface area contributed by atoms with Gasteiger partial charge in [0, 0.05) is 25.4 Å². The molecule has 146 valence electrons. The molecule has 0 saturated carbocycles. The maximum atomic E-state index is 12.6. The van der Waals surface area contributed by atoms with E-state index in [1.165, 1.54) is 18.2 Å². The van der Waals surface area contributed by atoms with Crippen molar-refractivity contribution in [1.82, 2.24) is 19.7 Å². The van der Waals surface area contributed by atoms with Gasteiger partial charge in [0.25, 0.3) is 0 Å². The number of rotatable bonds is 8. The second-order valence-electron chi connectivity index (χ2n) is 6.75. The third-order valence-electron chi connectivity index (χ3n) is 4.73. The minimum atomic E-state index is -0.383. The fourth-order valence-corrected chi connectivity index (χ4v) is 4.08. The SMILES string of the molecule is CC1CCCCN1C(=O)CSc1nnc(CCC(N)=O)n1Cc1ccco1. The van der Waals surface area contributed by atoms with Crippen molar-refractivity contribution in [3.8, 4) is 0 Å². The lowest BCUT2D eigenvalue weighted by Gasteiger charge is -2.33. The first-order chi connectivity index (χ1) is 13.0. The van der Waals surface area contributed by atoms with E-state index in [0.717, 1.165) is 25.1 Å². The molecule has 1 unspecified atom stereocenters. The quantitative estimate of drug-likeness (QED) is 0.688. The van der Waals surface area contributed by atoms with Crippen LogP contribution in [0.3, 0.4) is 0 Å². The van der Waals surface area contributed by atoms with Crippen LogP contribution < -0.4 is 5.73 Å². The van der Waals surface area contributed by atoms with Gasteiger partial charge in [-0.25, -0.2) is 0 Å². The number of primary amides is 1. The zero-order chi connectivity index (χ0) is 19.2. The van der Waals surface area contributed by atoms with Crippen LogP contribution in [0.1, 0.15) is 44.2 Å². The van der Waals surface area contributed by atoms with Crippen molar-refractivity contribution in [2.24, 2.45) is 5.73 Å². The third kappa shape index (κ3) is 5.12. The molecule has 0 spiro atoms. The molecule has 0 aliphatic carbocycles. The molecule has 2 aromatic rings. The Morgan fingerprint density at radius 1 is 1.37 bits per heavy atom. The van der Waals surface area contributed by atoms with Gasteiger partial charge >= 0.3 is 0 Å². The normalized spacial score (nSPS) is 17.2. The fourth-order valence-electron chi connectivity index (χ4n) is 3.24. The molecule has 8 nitrogen and oxygen atoms in total. The van der Waals surface area contributed by atoms with Crippen molar-refractivity contribution < 1.29 is 14.0 Å². The van der Waals surface area contributed by atoms with Gasteiger partial charge in [-0.15, -0.1) is 10.2 Å². The molecule has 0 radical (unpaired) electrons. The van der Waals surface area contributed by atoms with E-state index >= 15 is 0 Å². The van der Waals surface area contributed by atoms with Gasteiger partial charge in [-0.2, -0.15) is 0 Å². The van der Waals surface area contributed by atoms with E-state index in [9.17, 15) is 9.59 Å². The number of furan rings is 1. The highest BCUT2D eigenvalue weighted by Gasteiger charge is 2.24. The molecular weight excluding hydrogens is 366 g/mol. The first kappa shape index (κ1) is 19.5. The van der Waals surface area contributed by atoms with Gasteiger partial charge in [-0.05, 0) is 38.3 Å². The van der Waals surface area contributed by atoms with Crippen LogP contribution in [0.15, 0.2) is 28.0 Å². The molecule has 0 aromatic carbocycles. The molecule has 9 heteroatoms. The van der Waals surface area contributed by atoms with Crippen LogP contribution in [0.25, 0.3) is 0 Å². The van der Waals surface area contributed by atoms with Gasteiger partial charge in [0.15, 0.2) is 5.16 Å². The van der Waals surface area contributed by atoms with Gasteiger partial charge < -0.3 is 15.1 Å². The number of amides is 2. The summed E-state index contributed by atoms with van der Waals surface area (Å²) < 4.78 is 7.31. The number of hydrogen-bond acceptors (Lipinski definition) is 6. The van der Waals surface area contributed by atoms with Crippen LogP contribution in [-0.4, -0.2) is 49.8 Å². The van der Waals surface area contributed by atoms with Crippen molar-refractivity contribution in [2.75, 3.05) is 12.3 Å². The van der Waals surface area contributed by atoms with Crippen molar-refractivity contribution in [2.45, 2.75) is 56.8 Å². The van der Waals surface area contributed by atoms with E-state index < -0.39 is 0 Å². The van der Waals surface area contributed by atoms with Crippen LogP contribution >= 0.6 is 11.8 Å². The van der Waals surface area contributed by atoms with Crippen LogP contribution in [0.4, 0.5) is 0 Å². The van der Waals surface area contributed by atoms with Crippen LogP contribution in [-0.2, 0) is 22.6 Å². The summed E-state index contributed by atoms with van der Waals surface area (Å²) in [6.07, 6.45) is 5.51. The number of nitrogens with two attached hydrogens (primary N) is 1. The highest BCUT2D eigenvalue weighted by Crippen LogP contribution is 2.23. The number of nitrogens with zero attached hydrogens (tertiary/aromatic N) is 4. The Balaban J connectivity index is 1.69.